The number of rotatable bonds is 0. The maximum absolute atomic E-state index is 9.44. The van der Waals surface area contributed by atoms with Crippen molar-refractivity contribution >= 4 is 11.8 Å². The molecule has 12 heavy (non-hydrogen) atoms. The number of para-hydroxylation sites is 1. The van der Waals surface area contributed by atoms with Gasteiger partial charge in [0.1, 0.15) is 5.75 Å². The first kappa shape index (κ1) is 6.98. The average molecular weight is 159 g/mol. The van der Waals surface area contributed by atoms with Crippen molar-refractivity contribution in [3.05, 3.63) is 42.1 Å². The summed E-state index contributed by atoms with van der Waals surface area (Å²) >= 11 is 0. The fourth-order valence-corrected chi connectivity index (χ4v) is 1.23. The van der Waals surface area contributed by atoms with E-state index in [0.717, 1.165) is 16.9 Å². The Morgan fingerprint density at radius 3 is 2.92 bits per heavy atom. The van der Waals surface area contributed by atoms with Crippen molar-refractivity contribution in [1.82, 2.24) is 0 Å². The van der Waals surface area contributed by atoms with Crippen LogP contribution >= 0.6 is 0 Å². The maximum atomic E-state index is 9.44. The molecule has 0 aromatic heterocycles. The lowest BCUT2D eigenvalue weighted by Gasteiger charge is -2.15. The number of aromatic hydroxyl groups is 1. The first-order valence-electron chi connectivity index (χ1n) is 3.73. The van der Waals surface area contributed by atoms with Crippen LogP contribution in [0.1, 0.15) is 5.56 Å². The van der Waals surface area contributed by atoms with Gasteiger partial charge in [-0.2, -0.15) is 0 Å². The molecule has 0 bridgehead atoms. The Labute approximate surface area is 70.9 Å². The molecule has 1 aliphatic heterocycles. The number of hydrogen-bond donors (Lipinski definition) is 2. The zero-order valence-electron chi connectivity index (χ0n) is 6.54. The van der Waals surface area contributed by atoms with Gasteiger partial charge in [-0.05, 0) is 12.1 Å². The zero-order valence-corrected chi connectivity index (χ0v) is 6.54. The molecule has 1 heterocycles. The monoisotopic (exact) mass is 159 g/mol. The molecule has 0 saturated carbocycles. The summed E-state index contributed by atoms with van der Waals surface area (Å²) in [5.41, 5.74) is 2.52. The quantitative estimate of drug-likeness (QED) is 0.569. The van der Waals surface area contributed by atoms with Gasteiger partial charge < -0.3 is 10.4 Å². The molecule has 2 nitrogen and oxygen atoms in total. The molecular weight excluding hydrogens is 150 g/mol. The molecule has 0 amide bonds. The molecule has 2 rings (SSSR count). The third-order valence-corrected chi connectivity index (χ3v) is 1.82. The molecule has 0 radical (unpaired) electrons. The Morgan fingerprint density at radius 2 is 2.08 bits per heavy atom. The van der Waals surface area contributed by atoms with Crippen molar-refractivity contribution in [2.45, 2.75) is 0 Å². The number of allylic oxidation sites excluding steroid dienone is 1. The summed E-state index contributed by atoms with van der Waals surface area (Å²) in [4.78, 5) is 0. The number of nitrogens with one attached hydrogen (secondary N) is 1. The van der Waals surface area contributed by atoms with Gasteiger partial charge in [-0.25, -0.2) is 0 Å². The van der Waals surface area contributed by atoms with Crippen LogP contribution in [0.5, 0.6) is 5.75 Å². The molecule has 2 heteroatoms. The van der Waals surface area contributed by atoms with Gasteiger partial charge in [-0.1, -0.05) is 24.8 Å². The molecule has 1 aromatic rings. The van der Waals surface area contributed by atoms with E-state index in [4.69, 9.17) is 0 Å². The predicted octanol–water partition coefficient (Wildman–Crippen LogP) is 2.34. The van der Waals surface area contributed by atoms with Crippen LogP contribution in [-0.2, 0) is 0 Å². The minimum atomic E-state index is 0.262. The van der Waals surface area contributed by atoms with Gasteiger partial charge in [-0.15, -0.1) is 0 Å². The van der Waals surface area contributed by atoms with Gasteiger partial charge in [0.15, 0.2) is 0 Å². The number of phenols is 1. The SMILES string of the molecule is C=C1C=Cc2cccc(O)c2N1. The van der Waals surface area contributed by atoms with E-state index in [1.165, 1.54) is 0 Å². The van der Waals surface area contributed by atoms with E-state index in [0.29, 0.717) is 0 Å². The van der Waals surface area contributed by atoms with Crippen LogP contribution in [0.2, 0.25) is 0 Å². The van der Waals surface area contributed by atoms with Crippen molar-refractivity contribution in [3.63, 3.8) is 0 Å². The normalized spacial score (nSPS) is 13.8. The summed E-state index contributed by atoms with van der Waals surface area (Å²) in [6.45, 7) is 3.75. The molecule has 0 unspecified atom stereocenters. The molecule has 60 valence electrons. The lowest BCUT2D eigenvalue weighted by Crippen LogP contribution is -2.01. The summed E-state index contributed by atoms with van der Waals surface area (Å²) in [6.07, 6.45) is 3.80. The molecule has 0 aliphatic carbocycles. The standard InChI is InChI=1S/C10H9NO/c1-7-5-6-8-3-2-4-9(12)10(8)11-7/h2-6,11-12H,1H2. The second-order valence-corrected chi connectivity index (χ2v) is 2.72. The van der Waals surface area contributed by atoms with E-state index in [-0.39, 0.29) is 5.75 Å². The number of hydrogen-bond acceptors (Lipinski definition) is 2. The summed E-state index contributed by atoms with van der Waals surface area (Å²) < 4.78 is 0. The largest absolute Gasteiger partial charge is 0.506 e. The lowest BCUT2D eigenvalue weighted by atomic mass is 10.1. The Kier molecular flexibility index (Phi) is 1.40. The van der Waals surface area contributed by atoms with Crippen LogP contribution in [0.3, 0.4) is 0 Å². The Morgan fingerprint density at radius 1 is 1.25 bits per heavy atom. The molecule has 1 aliphatic rings. The van der Waals surface area contributed by atoms with Crippen LogP contribution in [0.4, 0.5) is 5.69 Å². The zero-order chi connectivity index (χ0) is 8.55. The third kappa shape index (κ3) is 0.975. The number of anilines is 1. The molecule has 0 fully saturated rings. The second kappa shape index (κ2) is 2.41. The number of phenolic OH excluding ortho intramolecular Hbond substituents is 1. The van der Waals surface area contributed by atoms with Crippen LogP contribution in [0.15, 0.2) is 36.6 Å². The van der Waals surface area contributed by atoms with E-state index in [2.05, 4.69) is 11.9 Å². The lowest BCUT2D eigenvalue weighted by molar-refractivity contribution is 0.477. The fraction of sp³-hybridized carbons (Fsp3) is 0. The predicted molar refractivity (Wildman–Crippen MR) is 49.9 cm³/mol. The van der Waals surface area contributed by atoms with E-state index in [1.54, 1.807) is 6.07 Å². The fourth-order valence-electron chi connectivity index (χ4n) is 1.23. The Hall–Kier alpha value is -1.70. The first-order valence-corrected chi connectivity index (χ1v) is 3.73. The smallest absolute Gasteiger partial charge is 0.139 e. The van der Waals surface area contributed by atoms with Crippen LogP contribution in [-0.4, -0.2) is 5.11 Å². The van der Waals surface area contributed by atoms with Gasteiger partial charge >= 0.3 is 0 Å². The number of benzene rings is 1. The Balaban J connectivity index is 2.60. The van der Waals surface area contributed by atoms with Gasteiger partial charge in [-0.3, -0.25) is 0 Å². The third-order valence-electron chi connectivity index (χ3n) is 1.82. The topological polar surface area (TPSA) is 32.3 Å². The molecule has 0 atom stereocenters. The van der Waals surface area contributed by atoms with Crippen LogP contribution in [0, 0.1) is 0 Å². The van der Waals surface area contributed by atoms with Crippen molar-refractivity contribution in [2.24, 2.45) is 0 Å². The summed E-state index contributed by atoms with van der Waals surface area (Å²) in [7, 11) is 0. The van der Waals surface area contributed by atoms with Gasteiger partial charge in [0.2, 0.25) is 0 Å². The highest BCUT2D eigenvalue weighted by molar-refractivity contribution is 5.78. The van der Waals surface area contributed by atoms with Crippen LogP contribution in [0.25, 0.3) is 6.08 Å². The second-order valence-electron chi connectivity index (χ2n) is 2.72. The van der Waals surface area contributed by atoms with Crippen LogP contribution < -0.4 is 5.32 Å². The van der Waals surface area contributed by atoms with E-state index in [1.807, 2.05) is 24.3 Å². The van der Waals surface area contributed by atoms with Crippen molar-refractivity contribution in [2.75, 3.05) is 5.32 Å². The molecule has 2 N–H and O–H groups in total. The van der Waals surface area contributed by atoms with Gasteiger partial charge in [0, 0.05) is 11.3 Å². The minimum absolute atomic E-state index is 0.262. The average Bonchev–Trinajstić information content (AvgIpc) is 2.07. The van der Waals surface area contributed by atoms with Gasteiger partial charge in [0.05, 0.1) is 5.69 Å². The van der Waals surface area contributed by atoms with Crippen molar-refractivity contribution < 1.29 is 5.11 Å². The molecule has 0 saturated heterocycles. The highest BCUT2D eigenvalue weighted by Crippen LogP contribution is 2.32. The number of fused-ring (bicyclic) bond motifs is 1. The first-order chi connectivity index (χ1) is 5.77. The molecule has 1 aromatic carbocycles. The van der Waals surface area contributed by atoms with Crippen molar-refractivity contribution in [3.8, 4) is 5.75 Å². The van der Waals surface area contributed by atoms with E-state index in [9.17, 15) is 5.11 Å². The summed E-state index contributed by atoms with van der Waals surface area (Å²) in [5, 5.41) is 12.4. The van der Waals surface area contributed by atoms with Crippen molar-refractivity contribution in [1.29, 1.82) is 0 Å². The maximum Gasteiger partial charge on any atom is 0.139 e. The molecular formula is C10H9NO. The summed E-state index contributed by atoms with van der Waals surface area (Å²) in [5.74, 6) is 0.262. The minimum Gasteiger partial charge on any atom is -0.506 e. The van der Waals surface area contributed by atoms with E-state index < -0.39 is 0 Å². The van der Waals surface area contributed by atoms with Gasteiger partial charge in [0.25, 0.3) is 0 Å². The highest BCUT2D eigenvalue weighted by Gasteiger charge is 2.08. The van der Waals surface area contributed by atoms with E-state index >= 15 is 0 Å². The summed E-state index contributed by atoms with van der Waals surface area (Å²) in [6, 6.07) is 5.40. The molecule has 0 spiro atoms. The Bertz CT molecular complexity index is 366. The highest BCUT2D eigenvalue weighted by atomic mass is 16.3.